The van der Waals surface area contributed by atoms with E-state index in [-0.39, 0.29) is 5.56 Å². The van der Waals surface area contributed by atoms with Gasteiger partial charge in [0, 0.05) is 0 Å². The standard InChI is InChI=1S/C13H14O10/c14-5-2-1-4(11(18)19)3-6(5)22-13-9(17)7(15)8(16)10(23-13)12(20)21/h1-3,7-10,13-17H,(H,18,19)(H,20,21). The zero-order valence-electron chi connectivity index (χ0n) is 11.4. The highest BCUT2D eigenvalue weighted by Crippen LogP contribution is 2.31. The maximum atomic E-state index is 11.0. The van der Waals surface area contributed by atoms with Gasteiger partial charge in [-0.3, -0.25) is 0 Å². The molecule has 0 aliphatic carbocycles. The van der Waals surface area contributed by atoms with E-state index in [0.717, 1.165) is 18.2 Å². The lowest BCUT2D eigenvalue weighted by Gasteiger charge is -2.38. The number of aromatic carboxylic acids is 1. The summed E-state index contributed by atoms with van der Waals surface area (Å²) in [6.45, 7) is 0. The van der Waals surface area contributed by atoms with Gasteiger partial charge >= 0.3 is 11.9 Å². The van der Waals surface area contributed by atoms with E-state index in [1.165, 1.54) is 0 Å². The molecular weight excluding hydrogens is 316 g/mol. The number of carboxylic acid groups (broad SMARTS) is 2. The topological polar surface area (TPSA) is 174 Å². The first-order valence-electron chi connectivity index (χ1n) is 6.37. The van der Waals surface area contributed by atoms with Gasteiger partial charge in [0.25, 0.3) is 0 Å². The van der Waals surface area contributed by atoms with Crippen LogP contribution in [0.2, 0.25) is 0 Å². The van der Waals surface area contributed by atoms with Gasteiger partial charge in [-0.2, -0.15) is 0 Å². The van der Waals surface area contributed by atoms with E-state index in [1.807, 2.05) is 0 Å². The van der Waals surface area contributed by atoms with Crippen LogP contribution in [-0.2, 0) is 9.53 Å². The number of hydrogen-bond acceptors (Lipinski definition) is 8. The van der Waals surface area contributed by atoms with Gasteiger partial charge in [0.2, 0.25) is 6.29 Å². The molecule has 1 heterocycles. The van der Waals surface area contributed by atoms with Crippen LogP contribution in [0.25, 0.3) is 0 Å². The molecule has 1 aliphatic heterocycles. The van der Waals surface area contributed by atoms with Crippen LogP contribution in [0.5, 0.6) is 11.5 Å². The molecule has 10 nitrogen and oxygen atoms in total. The van der Waals surface area contributed by atoms with Crippen LogP contribution >= 0.6 is 0 Å². The van der Waals surface area contributed by atoms with Crippen LogP contribution in [-0.4, -0.2) is 73.3 Å². The fraction of sp³-hybridized carbons (Fsp3) is 0.385. The predicted octanol–water partition coefficient (Wildman–Crippen LogP) is -1.64. The van der Waals surface area contributed by atoms with Crippen LogP contribution in [0, 0.1) is 0 Å². The Labute approximate surface area is 128 Å². The number of aliphatic carboxylic acids is 1. The van der Waals surface area contributed by atoms with Crippen molar-refractivity contribution in [1.29, 1.82) is 0 Å². The minimum Gasteiger partial charge on any atom is -0.504 e. The number of rotatable bonds is 4. The summed E-state index contributed by atoms with van der Waals surface area (Å²) in [5.74, 6) is -3.79. The molecule has 2 rings (SSSR count). The molecule has 0 aromatic heterocycles. The second-order valence-corrected chi connectivity index (χ2v) is 4.84. The Morgan fingerprint density at radius 3 is 2.26 bits per heavy atom. The van der Waals surface area contributed by atoms with Crippen molar-refractivity contribution in [3.63, 3.8) is 0 Å². The number of phenols is 1. The molecular formula is C13H14O10. The Bertz CT molecular complexity index is 615. The number of carbonyl (C=O) groups is 2. The lowest BCUT2D eigenvalue weighted by molar-refractivity contribution is -0.271. The fourth-order valence-electron chi connectivity index (χ4n) is 2.02. The molecule has 1 saturated heterocycles. The second-order valence-electron chi connectivity index (χ2n) is 4.84. The first-order valence-corrected chi connectivity index (χ1v) is 6.37. The average Bonchev–Trinajstić information content (AvgIpc) is 2.49. The predicted molar refractivity (Wildman–Crippen MR) is 70.0 cm³/mol. The Morgan fingerprint density at radius 1 is 1.04 bits per heavy atom. The highest BCUT2D eigenvalue weighted by molar-refractivity contribution is 5.88. The largest absolute Gasteiger partial charge is 0.504 e. The van der Waals surface area contributed by atoms with Crippen LogP contribution in [0.3, 0.4) is 0 Å². The smallest absolute Gasteiger partial charge is 0.335 e. The SMILES string of the molecule is O=C(O)c1ccc(O)c(OC2OC(C(=O)O)C(O)C(O)C2O)c1. The molecule has 0 bridgehead atoms. The number of carboxylic acids is 2. The lowest BCUT2D eigenvalue weighted by atomic mass is 9.99. The minimum atomic E-state index is -1.89. The van der Waals surface area contributed by atoms with Crippen molar-refractivity contribution in [3.05, 3.63) is 23.8 Å². The van der Waals surface area contributed by atoms with Crippen LogP contribution in [0.1, 0.15) is 10.4 Å². The molecule has 5 unspecified atom stereocenters. The Kier molecular flexibility index (Phi) is 4.71. The summed E-state index contributed by atoms with van der Waals surface area (Å²) in [6.07, 6.45) is -9.21. The third kappa shape index (κ3) is 3.35. The molecule has 6 N–H and O–H groups in total. The van der Waals surface area contributed by atoms with Crippen molar-refractivity contribution in [1.82, 2.24) is 0 Å². The molecule has 23 heavy (non-hydrogen) atoms. The van der Waals surface area contributed by atoms with E-state index in [9.17, 15) is 30.0 Å². The maximum absolute atomic E-state index is 11.0. The highest BCUT2D eigenvalue weighted by Gasteiger charge is 2.48. The van der Waals surface area contributed by atoms with Crippen LogP contribution in [0.4, 0.5) is 0 Å². The summed E-state index contributed by atoms with van der Waals surface area (Å²) in [7, 11) is 0. The van der Waals surface area contributed by atoms with Gasteiger partial charge in [0.05, 0.1) is 5.56 Å². The Morgan fingerprint density at radius 2 is 1.70 bits per heavy atom. The summed E-state index contributed by atoms with van der Waals surface area (Å²) in [6, 6.07) is 3.05. The average molecular weight is 330 g/mol. The molecule has 1 aromatic carbocycles. The molecule has 1 aliphatic rings. The van der Waals surface area contributed by atoms with Gasteiger partial charge < -0.3 is 40.1 Å². The van der Waals surface area contributed by atoms with Crippen LogP contribution in [0.15, 0.2) is 18.2 Å². The molecule has 0 radical (unpaired) electrons. The summed E-state index contributed by atoms with van der Waals surface area (Å²) in [5, 5.41) is 56.4. The quantitative estimate of drug-likeness (QED) is 0.376. The number of aliphatic hydroxyl groups is 3. The van der Waals surface area contributed by atoms with E-state index < -0.39 is 54.1 Å². The number of hydrogen-bond donors (Lipinski definition) is 6. The Hall–Kier alpha value is -2.40. The third-order valence-electron chi connectivity index (χ3n) is 3.26. The summed E-state index contributed by atoms with van der Waals surface area (Å²) in [4.78, 5) is 21.9. The van der Waals surface area contributed by atoms with Crippen molar-refractivity contribution in [2.45, 2.75) is 30.7 Å². The lowest BCUT2D eigenvalue weighted by Crippen LogP contribution is -2.61. The van der Waals surface area contributed by atoms with Crippen LogP contribution < -0.4 is 4.74 Å². The molecule has 0 spiro atoms. The van der Waals surface area contributed by atoms with Gasteiger partial charge in [-0.25, -0.2) is 9.59 Å². The third-order valence-corrected chi connectivity index (χ3v) is 3.26. The monoisotopic (exact) mass is 330 g/mol. The zero-order chi connectivity index (χ0) is 17.3. The minimum absolute atomic E-state index is 0.238. The van der Waals surface area contributed by atoms with E-state index in [0.29, 0.717) is 0 Å². The maximum Gasteiger partial charge on any atom is 0.335 e. The fourth-order valence-corrected chi connectivity index (χ4v) is 2.02. The van der Waals surface area contributed by atoms with Gasteiger partial charge in [-0.1, -0.05) is 0 Å². The number of aliphatic hydroxyl groups excluding tert-OH is 3. The first-order chi connectivity index (χ1) is 10.7. The van der Waals surface area contributed by atoms with Gasteiger partial charge in [0.15, 0.2) is 17.6 Å². The van der Waals surface area contributed by atoms with Crippen molar-refractivity contribution < 1.29 is 49.7 Å². The van der Waals surface area contributed by atoms with E-state index in [4.69, 9.17) is 19.7 Å². The van der Waals surface area contributed by atoms with E-state index in [2.05, 4.69) is 0 Å². The van der Waals surface area contributed by atoms with Crippen molar-refractivity contribution in [2.75, 3.05) is 0 Å². The molecule has 5 atom stereocenters. The molecule has 0 amide bonds. The number of ether oxygens (including phenoxy) is 2. The normalized spacial score (nSPS) is 30.7. The number of benzene rings is 1. The molecule has 126 valence electrons. The van der Waals surface area contributed by atoms with Gasteiger partial charge in [0.1, 0.15) is 18.3 Å². The van der Waals surface area contributed by atoms with Gasteiger partial charge in [-0.15, -0.1) is 0 Å². The summed E-state index contributed by atoms with van der Waals surface area (Å²) in [5.41, 5.74) is -0.238. The van der Waals surface area contributed by atoms with Crippen molar-refractivity contribution in [2.24, 2.45) is 0 Å². The molecule has 0 saturated carbocycles. The second kappa shape index (κ2) is 6.38. The first kappa shape index (κ1) is 17.0. The van der Waals surface area contributed by atoms with Gasteiger partial charge in [-0.05, 0) is 18.2 Å². The van der Waals surface area contributed by atoms with Crippen molar-refractivity contribution >= 4 is 11.9 Å². The molecule has 1 aromatic rings. The number of phenolic OH excluding ortho intramolecular Hbond substituents is 1. The Balaban J connectivity index is 2.26. The number of aromatic hydroxyl groups is 1. The summed E-state index contributed by atoms with van der Waals surface area (Å²) < 4.78 is 9.93. The summed E-state index contributed by atoms with van der Waals surface area (Å²) >= 11 is 0. The van der Waals surface area contributed by atoms with Crippen molar-refractivity contribution in [3.8, 4) is 11.5 Å². The van der Waals surface area contributed by atoms with E-state index in [1.54, 1.807) is 0 Å². The molecule has 10 heteroatoms. The highest BCUT2D eigenvalue weighted by atomic mass is 16.7. The molecule has 1 fully saturated rings. The zero-order valence-corrected chi connectivity index (χ0v) is 11.4. The van der Waals surface area contributed by atoms with E-state index >= 15 is 0 Å².